The van der Waals surface area contributed by atoms with Crippen LogP contribution < -0.4 is 0 Å². The molecule has 10 heavy (non-hydrogen) atoms. The maximum absolute atomic E-state index is 10.6. The van der Waals surface area contributed by atoms with Gasteiger partial charge in [-0.05, 0) is 26.2 Å². The van der Waals surface area contributed by atoms with Crippen LogP contribution in [0.15, 0.2) is 12.2 Å². The lowest BCUT2D eigenvalue weighted by atomic mass is 9.81. The smallest absolute Gasteiger partial charge is 0.313 e. The Hall–Kier alpha value is -0.790. The first kappa shape index (κ1) is 7.32. The van der Waals surface area contributed by atoms with Crippen molar-refractivity contribution in [2.24, 2.45) is 5.41 Å². The third-order valence-electron chi connectivity index (χ3n) is 2.04. The quantitative estimate of drug-likeness (QED) is 0.564. The Morgan fingerprint density at radius 3 is 2.70 bits per heavy atom. The topological polar surface area (TPSA) is 37.3 Å². The van der Waals surface area contributed by atoms with Gasteiger partial charge in [0.25, 0.3) is 0 Å². The van der Waals surface area contributed by atoms with Crippen LogP contribution in [0.4, 0.5) is 0 Å². The molecule has 0 saturated heterocycles. The zero-order chi connectivity index (χ0) is 7.61. The molecule has 0 radical (unpaired) electrons. The van der Waals surface area contributed by atoms with Gasteiger partial charge in [-0.25, -0.2) is 0 Å². The molecule has 0 aliphatic heterocycles. The molecule has 0 heterocycles. The summed E-state index contributed by atoms with van der Waals surface area (Å²) in [5, 5.41) is 8.75. The Bertz CT molecular complexity index is 172. The van der Waals surface area contributed by atoms with E-state index in [-0.39, 0.29) is 0 Å². The average molecular weight is 140 g/mol. The predicted octanol–water partition coefficient (Wildman–Crippen LogP) is 1.82. The Kier molecular flexibility index (Phi) is 1.79. The van der Waals surface area contributed by atoms with Gasteiger partial charge in [0.2, 0.25) is 0 Å². The van der Waals surface area contributed by atoms with Crippen molar-refractivity contribution in [3.05, 3.63) is 12.2 Å². The van der Waals surface area contributed by atoms with Crippen LogP contribution in [-0.2, 0) is 4.79 Å². The molecule has 1 N–H and O–H groups in total. The van der Waals surface area contributed by atoms with Crippen molar-refractivity contribution in [3.8, 4) is 0 Å². The van der Waals surface area contributed by atoms with Gasteiger partial charge in [0.1, 0.15) is 0 Å². The van der Waals surface area contributed by atoms with Gasteiger partial charge in [-0.15, -0.1) is 0 Å². The number of rotatable bonds is 1. The van der Waals surface area contributed by atoms with Crippen molar-refractivity contribution in [2.75, 3.05) is 0 Å². The molecule has 0 fully saturated rings. The summed E-state index contributed by atoms with van der Waals surface area (Å²) in [6.45, 7) is 1.77. The molecule has 1 aliphatic carbocycles. The molecule has 1 aliphatic rings. The van der Waals surface area contributed by atoms with Crippen LogP contribution in [0.2, 0.25) is 0 Å². The predicted molar refractivity (Wildman–Crippen MR) is 38.7 cm³/mol. The van der Waals surface area contributed by atoms with E-state index in [4.69, 9.17) is 5.11 Å². The molecule has 0 spiro atoms. The summed E-state index contributed by atoms with van der Waals surface area (Å²) < 4.78 is 0. The summed E-state index contributed by atoms with van der Waals surface area (Å²) in [6, 6.07) is 0. The second kappa shape index (κ2) is 2.45. The van der Waals surface area contributed by atoms with Gasteiger partial charge in [0.15, 0.2) is 0 Å². The lowest BCUT2D eigenvalue weighted by Crippen LogP contribution is -2.26. The lowest BCUT2D eigenvalue weighted by molar-refractivity contribution is -0.145. The summed E-state index contributed by atoms with van der Waals surface area (Å²) in [6.07, 6.45) is 6.57. The highest BCUT2D eigenvalue weighted by atomic mass is 16.4. The molecule has 0 aromatic carbocycles. The number of hydrogen-bond donors (Lipinski definition) is 1. The molecule has 0 bridgehead atoms. The van der Waals surface area contributed by atoms with E-state index in [1.807, 2.05) is 6.08 Å². The Labute approximate surface area is 60.6 Å². The fourth-order valence-corrected chi connectivity index (χ4v) is 1.19. The summed E-state index contributed by atoms with van der Waals surface area (Å²) in [4.78, 5) is 10.6. The minimum Gasteiger partial charge on any atom is -0.481 e. The first-order chi connectivity index (χ1) is 4.65. The summed E-state index contributed by atoms with van der Waals surface area (Å²) >= 11 is 0. The van der Waals surface area contributed by atoms with E-state index in [1.54, 1.807) is 13.0 Å². The van der Waals surface area contributed by atoms with Gasteiger partial charge in [-0.2, -0.15) is 0 Å². The third-order valence-corrected chi connectivity index (χ3v) is 2.04. The normalized spacial score (nSPS) is 32.1. The van der Waals surface area contributed by atoms with E-state index >= 15 is 0 Å². The van der Waals surface area contributed by atoms with Gasteiger partial charge in [-0.1, -0.05) is 12.2 Å². The van der Waals surface area contributed by atoms with Crippen molar-refractivity contribution in [1.29, 1.82) is 0 Å². The van der Waals surface area contributed by atoms with Gasteiger partial charge >= 0.3 is 5.97 Å². The molecular weight excluding hydrogens is 128 g/mol. The average Bonchev–Trinajstić information content (AvgIpc) is 1.89. The fourth-order valence-electron chi connectivity index (χ4n) is 1.19. The van der Waals surface area contributed by atoms with Crippen LogP contribution in [0, 0.1) is 5.41 Å². The second-order valence-corrected chi connectivity index (χ2v) is 3.02. The Morgan fingerprint density at radius 1 is 1.70 bits per heavy atom. The molecule has 0 aromatic rings. The van der Waals surface area contributed by atoms with E-state index in [0.29, 0.717) is 0 Å². The number of hydrogen-bond acceptors (Lipinski definition) is 1. The maximum Gasteiger partial charge on any atom is 0.313 e. The van der Waals surface area contributed by atoms with Crippen LogP contribution in [0.1, 0.15) is 26.2 Å². The van der Waals surface area contributed by atoms with E-state index in [1.165, 1.54) is 0 Å². The van der Waals surface area contributed by atoms with Crippen LogP contribution in [0.5, 0.6) is 0 Å². The van der Waals surface area contributed by atoms with Crippen LogP contribution in [0.25, 0.3) is 0 Å². The first-order valence-electron chi connectivity index (χ1n) is 3.56. The largest absolute Gasteiger partial charge is 0.481 e. The van der Waals surface area contributed by atoms with Gasteiger partial charge in [-0.3, -0.25) is 4.79 Å². The molecule has 0 aromatic heterocycles. The lowest BCUT2D eigenvalue weighted by Gasteiger charge is -2.23. The van der Waals surface area contributed by atoms with Crippen LogP contribution >= 0.6 is 0 Å². The van der Waals surface area contributed by atoms with Crippen molar-refractivity contribution in [1.82, 2.24) is 0 Å². The molecule has 2 nitrogen and oxygen atoms in total. The van der Waals surface area contributed by atoms with E-state index in [2.05, 4.69) is 0 Å². The van der Waals surface area contributed by atoms with Gasteiger partial charge < -0.3 is 5.11 Å². The molecule has 2 heteroatoms. The molecule has 0 saturated carbocycles. The van der Waals surface area contributed by atoms with Crippen molar-refractivity contribution in [3.63, 3.8) is 0 Å². The van der Waals surface area contributed by atoms with Gasteiger partial charge in [0, 0.05) is 0 Å². The highest BCUT2D eigenvalue weighted by Gasteiger charge is 2.30. The SMILES string of the molecule is CC1(C(=O)O)C=CCCC1. The standard InChI is InChI=1S/C8H12O2/c1-8(7(9)10)5-3-2-4-6-8/h3,5H,2,4,6H2,1H3,(H,9,10). The highest BCUT2D eigenvalue weighted by Crippen LogP contribution is 2.30. The summed E-state index contributed by atoms with van der Waals surface area (Å²) in [5.74, 6) is -0.705. The van der Waals surface area contributed by atoms with E-state index < -0.39 is 11.4 Å². The van der Waals surface area contributed by atoms with Gasteiger partial charge in [0.05, 0.1) is 5.41 Å². The molecule has 1 atom stereocenters. The zero-order valence-corrected chi connectivity index (χ0v) is 6.13. The Balaban J connectivity index is 2.75. The van der Waals surface area contributed by atoms with E-state index in [9.17, 15) is 4.79 Å². The maximum atomic E-state index is 10.6. The van der Waals surface area contributed by atoms with Crippen molar-refractivity contribution >= 4 is 5.97 Å². The third kappa shape index (κ3) is 1.20. The zero-order valence-electron chi connectivity index (χ0n) is 6.13. The van der Waals surface area contributed by atoms with Crippen LogP contribution in [-0.4, -0.2) is 11.1 Å². The monoisotopic (exact) mass is 140 g/mol. The first-order valence-corrected chi connectivity index (χ1v) is 3.56. The second-order valence-electron chi connectivity index (χ2n) is 3.02. The molecule has 0 amide bonds. The number of carbonyl (C=O) groups is 1. The fraction of sp³-hybridized carbons (Fsp3) is 0.625. The summed E-state index contributed by atoms with van der Waals surface area (Å²) in [5.41, 5.74) is -0.585. The summed E-state index contributed by atoms with van der Waals surface area (Å²) in [7, 11) is 0. The minimum atomic E-state index is -0.705. The number of carboxylic acid groups (broad SMARTS) is 1. The number of allylic oxidation sites excluding steroid dienone is 1. The highest BCUT2D eigenvalue weighted by molar-refractivity contribution is 5.76. The van der Waals surface area contributed by atoms with Crippen LogP contribution in [0.3, 0.4) is 0 Å². The Morgan fingerprint density at radius 2 is 2.40 bits per heavy atom. The molecule has 56 valence electrons. The van der Waals surface area contributed by atoms with E-state index in [0.717, 1.165) is 19.3 Å². The molecule has 1 unspecified atom stereocenters. The van der Waals surface area contributed by atoms with Crippen molar-refractivity contribution in [2.45, 2.75) is 26.2 Å². The molecular formula is C8H12O2. The minimum absolute atomic E-state index is 0.585. The number of carboxylic acids is 1. The number of aliphatic carboxylic acids is 1. The van der Waals surface area contributed by atoms with Crippen molar-refractivity contribution < 1.29 is 9.90 Å². The molecule has 1 rings (SSSR count).